The fourth-order valence-electron chi connectivity index (χ4n) is 2.93. The molecule has 0 atom stereocenters. The quantitative estimate of drug-likeness (QED) is 0.324. The Labute approximate surface area is 186 Å². The Hall–Kier alpha value is -3.19. The summed E-state index contributed by atoms with van der Waals surface area (Å²) in [5.41, 5.74) is 1.40. The Morgan fingerprint density at radius 3 is 2.77 bits per heavy atom. The second kappa shape index (κ2) is 10.7. The molecule has 162 valence electrons. The van der Waals surface area contributed by atoms with Gasteiger partial charge in [-0.2, -0.15) is 0 Å². The van der Waals surface area contributed by atoms with Crippen molar-refractivity contribution >= 4 is 34.6 Å². The van der Waals surface area contributed by atoms with Crippen LogP contribution in [0.2, 0.25) is 0 Å². The molecule has 6 nitrogen and oxygen atoms in total. The molecule has 0 aliphatic carbocycles. The van der Waals surface area contributed by atoms with Gasteiger partial charge in [-0.25, -0.2) is 4.99 Å². The van der Waals surface area contributed by atoms with Crippen LogP contribution in [-0.2, 0) is 4.79 Å². The zero-order chi connectivity index (χ0) is 22.2. The molecule has 0 unspecified atom stereocenters. The van der Waals surface area contributed by atoms with E-state index in [0.29, 0.717) is 40.4 Å². The lowest BCUT2D eigenvalue weighted by Gasteiger charge is -2.12. The number of hydrogen-bond acceptors (Lipinski definition) is 6. The van der Waals surface area contributed by atoms with Crippen molar-refractivity contribution in [3.63, 3.8) is 0 Å². The molecule has 0 aromatic heterocycles. The van der Waals surface area contributed by atoms with Crippen LogP contribution in [0.3, 0.4) is 0 Å². The topological polar surface area (TPSA) is 71.4 Å². The number of aliphatic imine (C=N–C) groups is 1. The number of nitrogens with zero attached hydrogens (tertiary/aromatic N) is 2. The molecule has 1 N–H and O–H groups in total. The number of carbonyl (C=O) groups is 1. The molecular formula is C24H26N2O4S. The number of amides is 1. The smallest absolute Gasteiger partial charge is 0.267 e. The van der Waals surface area contributed by atoms with E-state index in [2.05, 4.69) is 18.5 Å². The average Bonchev–Trinajstić information content (AvgIpc) is 3.04. The number of carbonyl (C=O) groups excluding carboxylic acids is 1. The molecule has 1 heterocycles. The number of phenols is 1. The largest absolute Gasteiger partial charge is 0.508 e. The summed E-state index contributed by atoms with van der Waals surface area (Å²) in [7, 11) is 1.60. The molecule has 1 fully saturated rings. The van der Waals surface area contributed by atoms with E-state index in [1.165, 1.54) is 11.8 Å². The predicted octanol–water partition coefficient (Wildman–Crippen LogP) is 5.37. The van der Waals surface area contributed by atoms with Gasteiger partial charge in [-0.15, -0.1) is 6.58 Å². The standard InChI is InChI=1S/C24H26N2O4S/c1-4-6-13-30-20-11-10-17(14-21(20)29-3)15-22-23(28)26(12-5-2)24(31-22)25-18-8-7-9-19(27)16-18/h5,7-11,14-16,27H,2,4,6,12-13H2,1,3H3/b22-15-,25-24?. The first-order chi connectivity index (χ1) is 15.0. The van der Waals surface area contributed by atoms with Crippen LogP contribution >= 0.6 is 11.8 Å². The number of ether oxygens (including phenoxy) is 2. The van der Waals surface area contributed by atoms with Gasteiger partial charge in [0.25, 0.3) is 5.91 Å². The van der Waals surface area contributed by atoms with Gasteiger partial charge in [0.2, 0.25) is 0 Å². The van der Waals surface area contributed by atoms with Gasteiger partial charge in [-0.1, -0.05) is 31.6 Å². The first kappa shape index (κ1) is 22.5. The van der Waals surface area contributed by atoms with Crippen molar-refractivity contribution in [2.24, 2.45) is 4.99 Å². The van der Waals surface area contributed by atoms with Crippen molar-refractivity contribution < 1.29 is 19.4 Å². The number of hydrogen-bond donors (Lipinski definition) is 1. The Balaban J connectivity index is 1.88. The van der Waals surface area contributed by atoms with Crippen LogP contribution in [0.4, 0.5) is 5.69 Å². The Morgan fingerprint density at radius 1 is 1.23 bits per heavy atom. The summed E-state index contributed by atoms with van der Waals surface area (Å²) in [5, 5.41) is 10.2. The molecule has 1 saturated heterocycles. The zero-order valence-corrected chi connectivity index (χ0v) is 18.5. The molecule has 1 amide bonds. The molecular weight excluding hydrogens is 412 g/mol. The van der Waals surface area contributed by atoms with Gasteiger partial charge in [0, 0.05) is 12.6 Å². The molecule has 0 spiro atoms. The summed E-state index contributed by atoms with van der Waals surface area (Å²) in [6.45, 7) is 6.82. The number of rotatable bonds is 9. The molecule has 7 heteroatoms. The lowest BCUT2D eigenvalue weighted by Crippen LogP contribution is -2.29. The number of unbranched alkanes of at least 4 members (excludes halogenated alkanes) is 1. The van der Waals surface area contributed by atoms with E-state index in [1.54, 1.807) is 42.4 Å². The van der Waals surface area contributed by atoms with Crippen molar-refractivity contribution in [1.29, 1.82) is 0 Å². The monoisotopic (exact) mass is 438 g/mol. The maximum atomic E-state index is 13.0. The summed E-state index contributed by atoms with van der Waals surface area (Å²) in [6.07, 6.45) is 5.50. The minimum Gasteiger partial charge on any atom is -0.508 e. The zero-order valence-electron chi connectivity index (χ0n) is 17.7. The fourth-order valence-corrected chi connectivity index (χ4v) is 3.93. The highest BCUT2D eigenvalue weighted by Gasteiger charge is 2.32. The third-order valence-corrected chi connectivity index (χ3v) is 5.50. The lowest BCUT2D eigenvalue weighted by molar-refractivity contribution is -0.121. The molecule has 3 rings (SSSR count). The van der Waals surface area contributed by atoms with E-state index in [9.17, 15) is 9.90 Å². The second-order valence-corrected chi connectivity index (χ2v) is 7.85. The molecule has 31 heavy (non-hydrogen) atoms. The highest BCUT2D eigenvalue weighted by molar-refractivity contribution is 8.18. The highest BCUT2D eigenvalue weighted by Crippen LogP contribution is 2.36. The molecule has 1 aliphatic rings. The summed E-state index contributed by atoms with van der Waals surface area (Å²) in [5.74, 6) is 1.28. The van der Waals surface area contributed by atoms with Crippen molar-refractivity contribution in [2.45, 2.75) is 19.8 Å². The summed E-state index contributed by atoms with van der Waals surface area (Å²) >= 11 is 1.28. The molecule has 0 saturated carbocycles. The van der Waals surface area contributed by atoms with Gasteiger partial charge in [0.05, 0.1) is 24.3 Å². The molecule has 2 aromatic rings. The van der Waals surface area contributed by atoms with Crippen molar-refractivity contribution in [3.8, 4) is 17.2 Å². The highest BCUT2D eigenvalue weighted by atomic mass is 32.2. The number of aromatic hydroxyl groups is 1. The van der Waals surface area contributed by atoms with Crippen molar-refractivity contribution in [3.05, 3.63) is 65.6 Å². The Morgan fingerprint density at radius 2 is 2.06 bits per heavy atom. The number of amidine groups is 1. The fraction of sp³-hybridized carbons (Fsp3) is 0.250. The van der Waals surface area contributed by atoms with Crippen LogP contribution in [0.25, 0.3) is 6.08 Å². The van der Waals surface area contributed by atoms with Gasteiger partial charge in [-0.05, 0) is 54.1 Å². The van der Waals surface area contributed by atoms with Crippen molar-refractivity contribution in [1.82, 2.24) is 4.90 Å². The van der Waals surface area contributed by atoms with Crippen LogP contribution in [0.5, 0.6) is 17.2 Å². The summed E-state index contributed by atoms with van der Waals surface area (Å²) in [6, 6.07) is 12.2. The Bertz CT molecular complexity index is 1020. The van der Waals surface area contributed by atoms with E-state index in [-0.39, 0.29) is 11.7 Å². The van der Waals surface area contributed by atoms with Crippen LogP contribution in [0.15, 0.2) is 65.0 Å². The average molecular weight is 439 g/mol. The van der Waals surface area contributed by atoms with E-state index in [0.717, 1.165) is 18.4 Å². The maximum absolute atomic E-state index is 13.0. The molecule has 2 aromatic carbocycles. The first-order valence-electron chi connectivity index (χ1n) is 10.1. The van der Waals surface area contributed by atoms with Crippen LogP contribution in [0.1, 0.15) is 25.3 Å². The van der Waals surface area contributed by atoms with E-state index >= 15 is 0 Å². The van der Waals surface area contributed by atoms with Gasteiger partial charge >= 0.3 is 0 Å². The maximum Gasteiger partial charge on any atom is 0.267 e. The minimum absolute atomic E-state index is 0.121. The summed E-state index contributed by atoms with van der Waals surface area (Å²) in [4.78, 5) is 19.6. The number of methoxy groups -OCH3 is 1. The predicted molar refractivity (Wildman–Crippen MR) is 126 cm³/mol. The molecule has 0 bridgehead atoms. The molecule has 1 aliphatic heterocycles. The lowest BCUT2D eigenvalue weighted by atomic mass is 10.2. The van der Waals surface area contributed by atoms with Gasteiger partial charge in [0.15, 0.2) is 16.7 Å². The third-order valence-electron chi connectivity index (χ3n) is 4.50. The van der Waals surface area contributed by atoms with Crippen molar-refractivity contribution in [2.75, 3.05) is 20.3 Å². The Kier molecular flexibility index (Phi) is 7.78. The summed E-state index contributed by atoms with van der Waals surface area (Å²) < 4.78 is 11.2. The van der Waals surface area contributed by atoms with Crippen LogP contribution < -0.4 is 9.47 Å². The SMILES string of the molecule is C=CCN1C(=O)/C(=C/c2ccc(OCCCC)c(OC)c2)SC1=Nc1cccc(O)c1. The van der Waals surface area contributed by atoms with E-state index in [4.69, 9.17) is 9.47 Å². The van der Waals surface area contributed by atoms with Crippen LogP contribution in [0, 0.1) is 0 Å². The van der Waals surface area contributed by atoms with Gasteiger partial charge in [-0.3, -0.25) is 9.69 Å². The van der Waals surface area contributed by atoms with Gasteiger partial charge < -0.3 is 14.6 Å². The number of phenolic OH excluding ortho intramolecular Hbond substituents is 1. The normalized spacial score (nSPS) is 16.2. The second-order valence-electron chi connectivity index (χ2n) is 6.84. The third kappa shape index (κ3) is 5.70. The van der Waals surface area contributed by atoms with Gasteiger partial charge in [0.1, 0.15) is 5.75 Å². The molecule has 0 radical (unpaired) electrons. The number of benzene rings is 2. The van der Waals surface area contributed by atoms with Crippen LogP contribution in [-0.4, -0.2) is 41.3 Å². The minimum atomic E-state index is -0.147. The number of thioether (sulfide) groups is 1. The van der Waals surface area contributed by atoms with E-state index < -0.39 is 0 Å². The van der Waals surface area contributed by atoms with E-state index in [1.807, 2.05) is 24.3 Å². The first-order valence-corrected chi connectivity index (χ1v) is 10.9.